The minimum absolute atomic E-state index is 0.103. The third-order valence-corrected chi connectivity index (χ3v) is 5.56. The molecule has 2 aromatic carbocycles. The van der Waals surface area contributed by atoms with Gasteiger partial charge in [-0.2, -0.15) is 5.26 Å². The summed E-state index contributed by atoms with van der Waals surface area (Å²) in [6, 6.07) is 20.0. The SMILES string of the molecule is N#Cc1ccc(C(=O)N2C[C@@H]3CC[C@H]2CN(Cc2ccccc2)C3)cc1. The van der Waals surface area contributed by atoms with Crippen molar-refractivity contribution in [3.63, 3.8) is 0 Å². The molecule has 0 unspecified atom stereocenters. The molecular formula is C22H23N3O. The lowest BCUT2D eigenvalue weighted by Gasteiger charge is -2.36. The summed E-state index contributed by atoms with van der Waals surface area (Å²) in [6.07, 6.45) is 2.28. The van der Waals surface area contributed by atoms with Gasteiger partial charge in [-0.3, -0.25) is 9.69 Å². The molecule has 2 aromatic rings. The van der Waals surface area contributed by atoms with Gasteiger partial charge in [-0.05, 0) is 48.6 Å². The van der Waals surface area contributed by atoms with Crippen LogP contribution in [0.1, 0.15) is 34.3 Å². The highest BCUT2D eigenvalue weighted by molar-refractivity contribution is 5.94. The standard InChI is InChI=1S/C22H23N3O/c23-12-17-6-9-20(10-7-17)22(26)25-15-19-8-11-21(25)16-24(14-19)13-18-4-2-1-3-5-18/h1-7,9-10,19,21H,8,11,13-16H2/t19-,21+/m1/s1. The Morgan fingerprint density at radius 1 is 1.00 bits per heavy atom. The molecule has 132 valence electrons. The first kappa shape index (κ1) is 16.8. The number of amides is 1. The Morgan fingerprint density at radius 3 is 2.50 bits per heavy atom. The summed E-state index contributed by atoms with van der Waals surface area (Å²) < 4.78 is 0. The van der Waals surface area contributed by atoms with Gasteiger partial charge in [0.25, 0.3) is 5.91 Å². The van der Waals surface area contributed by atoms with Crippen LogP contribution in [0, 0.1) is 17.2 Å². The average Bonchev–Trinajstić information content (AvgIpc) is 2.99. The fourth-order valence-electron chi connectivity index (χ4n) is 4.25. The van der Waals surface area contributed by atoms with Gasteiger partial charge in [-0.25, -0.2) is 0 Å². The molecule has 0 N–H and O–H groups in total. The number of hydrogen-bond acceptors (Lipinski definition) is 3. The van der Waals surface area contributed by atoms with Gasteiger partial charge in [0.05, 0.1) is 11.6 Å². The van der Waals surface area contributed by atoms with E-state index in [4.69, 9.17) is 5.26 Å². The Balaban J connectivity index is 1.49. The number of benzene rings is 2. The van der Waals surface area contributed by atoms with E-state index < -0.39 is 0 Å². The minimum Gasteiger partial charge on any atom is -0.334 e. The van der Waals surface area contributed by atoms with Crippen molar-refractivity contribution in [2.75, 3.05) is 19.6 Å². The Morgan fingerprint density at radius 2 is 1.77 bits per heavy atom. The van der Waals surface area contributed by atoms with Crippen LogP contribution >= 0.6 is 0 Å². The largest absolute Gasteiger partial charge is 0.334 e. The summed E-state index contributed by atoms with van der Waals surface area (Å²) in [5.74, 6) is 0.644. The van der Waals surface area contributed by atoms with E-state index in [1.165, 1.54) is 12.0 Å². The van der Waals surface area contributed by atoms with E-state index in [2.05, 4.69) is 40.1 Å². The van der Waals surface area contributed by atoms with Crippen molar-refractivity contribution < 1.29 is 4.79 Å². The molecule has 3 saturated heterocycles. The Kier molecular flexibility index (Phi) is 4.73. The zero-order valence-electron chi connectivity index (χ0n) is 14.8. The van der Waals surface area contributed by atoms with E-state index in [-0.39, 0.29) is 11.9 Å². The van der Waals surface area contributed by atoms with Crippen molar-refractivity contribution in [2.45, 2.75) is 25.4 Å². The van der Waals surface area contributed by atoms with E-state index in [0.29, 0.717) is 17.0 Å². The Hall–Kier alpha value is -2.64. The van der Waals surface area contributed by atoms with Crippen molar-refractivity contribution >= 4 is 5.91 Å². The summed E-state index contributed by atoms with van der Waals surface area (Å²) in [4.78, 5) is 17.6. The van der Waals surface area contributed by atoms with Crippen molar-refractivity contribution in [1.29, 1.82) is 5.26 Å². The summed E-state index contributed by atoms with van der Waals surface area (Å²) in [5.41, 5.74) is 2.61. The highest BCUT2D eigenvalue weighted by atomic mass is 16.2. The van der Waals surface area contributed by atoms with Crippen molar-refractivity contribution in [3.8, 4) is 6.07 Å². The first-order valence-corrected chi connectivity index (χ1v) is 9.30. The predicted molar refractivity (Wildman–Crippen MR) is 100 cm³/mol. The molecule has 3 fully saturated rings. The molecule has 1 amide bonds. The smallest absolute Gasteiger partial charge is 0.254 e. The summed E-state index contributed by atoms with van der Waals surface area (Å²) >= 11 is 0. The number of piperidine rings is 1. The fraction of sp³-hybridized carbons (Fsp3) is 0.364. The summed E-state index contributed by atoms with van der Waals surface area (Å²) in [6.45, 7) is 3.79. The van der Waals surface area contributed by atoms with Crippen molar-refractivity contribution in [3.05, 3.63) is 71.3 Å². The Bertz CT molecular complexity index is 810. The first-order chi connectivity index (χ1) is 12.7. The van der Waals surface area contributed by atoms with Crippen LogP contribution in [0.15, 0.2) is 54.6 Å². The van der Waals surface area contributed by atoms with Gasteiger partial charge in [0.1, 0.15) is 0 Å². The molecule has 4 heteroatoms. The quantitative estimate of drug-likeness (QED) is 0.857. The van der Waals surface area contributed by atoms with Gasteiger partial charge in [0.2, 0.25) is 0 Å². The molecule has 3 aliphatic heterocycles. The van der Waals surface area contributed by atoms with Crippen LogP contribution in [0.25, 0.3) is 0 Å². The molecule has 2 bridgehead atoms. The lowest BCUT2D eigenvalue weighted by atomic mass is 9.94. The number of fused-ring (bicyclic) bond motifs is 4. The van der Waals surface area contributed by atoms with Crippen molar-refractivity contribution in [2.24, 2.45) is 5.92 Å². The maximum absolute atomic E-state index is 13.0. The van der Waals surface area contributed by atoms with Gasteiger partial charge in [0.15, 0.2) is 0 Å². The van der Waals surface area contributed by atoms with Gasteiger partial charge in [0, 0.05) is 37.8 Å². The molecule has 0 saturated carbocycles. The van der Waals surface area contributed by atoms with Crippen LogP contribution in [0.2, 0.25) is 0 Å². The van der Waals surface area contributed by atoms with Gasteiger partial charge < -0.3 is 4.90 Å². The lowest BCUT2D eigenvalue weighted by Crippen LogP contribution is -2.47. The third kappa shape index (κ3) is 3.49. The minimum atomic E-state index is 0.103. The van der Waals surface area contributed by atoms with E-state index in [1.807, 2.05) is 6.07 Å². The van der Waals surface area contributed by atoms with Gasteiger partial charge >= 0.3 is 0 Å². The van der Waals surface area contributed by atoms with Crippen LogP contribution in [0.4, 0.5) is 0 Å². The monoisotopic (exact) mass is 345 g/mol. The normalized spacial score (nSPS) is 22.7. The van der Waals surface area contributed by atoms with E-state index in [0.717, 1.165) is 32.6 Å². The van der Waals surface area contributed by atoms with Gasteiger partial charge in [-0.1, -0.05) is 30.3 Å². The molecule has 3 heterocycles. The van der Waals surface area contributed by atoms with E-state index in [1.54, 1.807) is 24.3 Å². The Labute approximate surface area is 154 Å². The van der Waals surface area contributed by atoms with Crippen LogP contribution in [-0.4, -0.2) is 41.4 Å². The molecule has 0 radical (unpaired) electrons. The second kappa shape index (κ2) is 7.31. The molecule has 2 atom stereocenters. The molecule has 0 aromatic heterocycles. The molecule has 5 rings (SSSR count). The topological polar surface area (TPSA) is 47.3 Å². The lowest BCUT2D eigenvalue weighted by molar-refractivity contribution is 0.0585. The molecule has 26 heavy (non-hydrogen) atoms. The van der Waals surface area contributed by atoms with Crippen LogP contribution < -0.4 is 0 Å². The number of carbonyl (C=O) groups is 1. The molecule has 0 aliphatic carbocycles. The fourth-order valence-corrected chi connectivity index (χ4v) is 4.25. The molecular weight excluding hydrogens is 322 g/mol. The zero-order chi connectivity index (χ0) is 17.9. The molecule has 3 aliphatic rings. The third-order valence-electron chi connectivity index (χ3n) is 5.56. The molecule has 0 spiro atoms. The second-order valence-electron chi connectivity index (χ2n) is 7.42. The summed E-state index contributed by atoms with van der Waals surface area (Å²) in [5, 5.41) is 8.94. The van der Waals surface area contributed by atoms with Crippen LogP contribution in [0.5, 0.6) is 0 Å². The number of rotatable bonds is 3. The maximum atomic E-state index is 13.0. The number of nitriles is 1. The van der Waals surface area contributed by atoms with E-state index >= 15 is 0 Å². The number of hydrogen-bond donors (Lipinski definition) is 0. The zero-order valence-corrected chi connectivity index (χ0v) is 14.8. The van der Waals surface area contributed by atoms with Gasteiger partial charge in [-0.15, -0.1) is 0 Å². The van der Waals surface area contributed by atoms with Crippen molar-refractivity contribution in [1.82, 2.24) is 9.80 Å². The first-order valence-electron chi connectivity index (χ1n) is 9.30. The highest BCUT2D eigenvalue weighted by Crippen LogP contribution is 2.30. The number of carbonyl (C=O) groups excluding carboxylic acids is 1. The summed E-state index contributed by atoms with van der Waals surface area (Å²) in [7, 11) is 0. The second-order valence-corrected chi connectivity index (χ2v) is 7.42. The van der Waals surface area contributed by atoms with Crippen LogP contribution in [0.3, 0.4) is 0 Å². The highest BCUT2D eigenvalue weighted by Gasteiger charge is 2.37. The van der Waals surface area contributed by atoms with E-state index in [9.17, 15) is 4.79 Å². The number of nitrogens with zero attached hydrogens (tertiary/aromatic N) is 3. The average molecular weight is 345 g/mol. The molecule has 4 nitrogen and oxygen atoms in total. The maximum Gasteiger partial charge on any atom is 0.254 e. The predicted octanol–water partition coefficient (Wildman–Crippen LogP) is 3.29. The van der Waals surface area contributed by atoms with Crippen LogP contribution in [-0.2, 0) is 6.54 Å².